The van der Waals surface area contributed by atoms with Gasteiger partial charge in [-0.2, -0.15) is 0 Å². The highest BCUT2D eigenvalue weighted by Crippen LogP contribution is 2.17. The summed E-state index contributed by atoms with van der Waals surface area (Å²) in [5, 5.41) is 13.8. The third-order valence-corrected chi connectivity index (χ3v) is 5.81. The highest BCUT2D eigenvalue weighted by Gasteiger charge is 2.23. The molecule has 0 spiro atoms. The Hall–Kier alpha value is -2.52. The molecule has 2 aliphatic heterocycles. The number of carbonyl (C=O) groups excluding carboxylic acids is 2. The van der Waals surface area contributed by atoms with Crippen molar-refractivity contribution in [1.29, 1.82) is 0 Å². The molecule has 30 heavy (non-hydrogen) atoms. The topological polar surface area (TPSA) is 99.0 Å². The number of carbonyl (C=O) groups is 2. The smallest absolute Gasteiger partial charge is 0.274 e. The van der Waals surface area contributed by atoms with Crippen molar-refractivity contribution in [3.63, 3.8) is 0 Å². The van der Waals surface area contributed by atoms with E-state index >= 15 is 0 Å². The van der Waals surface area contributed by atoms with Crippen LogP contribution < -0.4 is 5.32 Å². The molecule has 2 fully saturated rings. The van der Waals surface area contributed by atoms with Crippen LogP contribution >= 0.6 is 0 Å². The fourth-order valence-corrected chi connectivity index (χ4v) is 4.01. The van der Waals surface area contributed by atoms with Crippen LogP contribution in [0.5, 0.6) is 0 Å². The van der Waals surface area contributed by atoms with Gasteiger partial charge in [0, 0.05) is 57.4 Å². The van der Waals surface area contributed by atoms with E-state index in [9.17, 15) is 19.7 Å². The summed E-state index contributed by atoms with van der Waals surface area (Å²) < 4.78 is 0. The number of hydrogen-bond donors (Lipinski definition) is 1. The molecule has 0 aliphatic carbocycles. The second-order valence-electron chi connectivity index (χ2n) is 8.01. The van der Waals surface area contributed by atoms with E-state index in [2.05, 4.69) is 15.1 Å². The number of rotatable bonds is 7. The number of piperazine rings is 1. The van der Waals surface area contributed by atoms with Crippen LogP contribution in [0.15, 0.2) is 24.3 Å². The van der Waals surface area contributed by atoms with Gasteiger partial charge < -0.3 is 10.2 Å². The number of nitrogens with zero attached hydrogens (tertiary/aromatic N) is 4. The number of likely N-dealkylation sites (tertiary alicyclic amines) is 1. The number of nitro groups is 1. The van der Waals surface area contributed by atoms with Crippen molar-refractivity contribution in [3.05, 3.63) is 39.9 Å². The third kappa shape index (κ3) is 6.50. The average molecular weight is 418 g/mol. The lowest BCUT2D eigenvalue weighted by molar-refractivity contribution is -0.385. The summed E-state index contributed by atoms with van der Waals surface area (Å²) >= 11 is 0. The maximum atomic E-state index is 12.5. The summed E-state index contributed by atoms with van der Waals surface area (Å²) in [4.78, 5) is 41.6. The number of benzene rings is 1. The van der Waals surface area contributed by atoms with Crippen LogP contribution in [0.3, 0.4) is 0 Å². The lowest BCUT2D eigenvalue weighted by atomic mass is 10.2. The van der Waals surface area contributed by atoms with Crippen LogP contribution in [0.2, 0.25) is 0 Å². The first kappa shape index (κ1) is 22.2. The molecule has 0 atom stereocenters. The number of hydrogen-bond acceptors (Lipinski definition) is 6. The molecule has 1 aromatic rings. The van der Waals surface area contributed by atoms with E-state index in [1.807, 2.05) is 4.90 Å². The highest BCUT2D eigenvalue weighted by atomic mass is 16.6. The van der Waals surface area contributed by atoms with Gasteiger partial charge in [-0.1, -0.05) is 31.0 Å². The van der Waals surface area contributed by atoms with Crippen molar-refractivity contribution in [2.24, 2.45) is 0 Å². The van der Waals surface area contributed by atoms with Gasteiger partial charge in [0.1, 0.15) is 0 Å². The first-order valence-corrected chi connectivity index (χ1v) is 10.7. The largest absolute Gasteiger partial charge is 0.351 e. The molecule has 0 bridgehead atoms. The Morgan fingerprint density at radius 3 is 2.13 bits per heavy atom. The Morgan fingerprint density at radius 1 is 0.900 bits per heavy atom. The van der Waals surface area contributed by atoms with Crippen molar-refractivity contribution >= 4 is 17.5 Å². The fourth-order valence-electron chi connectivity index (χ4n) is 4.01. The van der Waals surface area contributed by atoms with Gasteiger partial charge >= 0.3 is 0 Å². The average Bonchev–Trinajstić information content (AvgIpc) is 3.03. The summed E-state index contributed by atoms with van der Waals surface area (Å²) in [6.45, 7) is 5.58. The summed E-state index contributed by atoms with van der Waals surface area (Å²) in [6.07, 6.45) is 4.62. The van der Waals surface area contributed by atoms with E-state index in [-0.39, 0.29) is 30.6 Å². The molecule has 1 aromatic carbocycles. The van der Waals surface area contributed by atoms with Gasteiger partial charge in [-0.15, -0.1) is 0 Å². The van der Waals surface area contributed by atoms with Crippen molar-refractivity contribution in [2.75, 3.05) is 52.4 Å². The number of amides is 2. The van der Waals surface area contributed by atoms with Gasteiger partial charge in [0.25, 0.3) is 5.69 Å². The maximum Gasteiger partial charge on any atom is 0.274 e. The molecule has 2 heterocycles. The molecule has 0 unspecified atom stereocenters. The molecule has 2 amide bonds. The van der Waals surface area contributed by atoms with Crippen LogP contribution in [-0.4, -0.2) is 83.8 Å². The first-order chi connectivity index (χ1) is 14.5. The number of para-hydroxylation sites is 1. The molecule has 3 rings (SSSR count). The van der Waals surface area contributed by atoms with Crippen molar-refractivity contribution < 1.29 is 14.5 Å². The molecule has 9 heteroatoms. The van der Waals surface area contributed by atoms with Crippen LogP contribution in [0.4, 0.5) is 5.69 Å². The van der Waals surface area contributed by atoms with Crippen molar-refractivity contribution in [3.8, 4) is 0 Å². The zero-order valence-electron chi connectivity index (χ0n) is 17.4. The van der Waals surface area contributed by atoms with E-state index < -0.39 is 4.92 Å². The van der Waals surface area contributed by atoms with Crippen molar-refractivity contribution in [1.82, 2.24) is 20.0 Å². The van der Waals surface area contributed by atoms with E-state index in [1.165, 1.54) is 18.9 Å². The van der Waals surface area contributed by atoms with Crippen LogP contribution in [0.25, 0.3) is 0 Å². The van der Waals surface area contributed by atoms with Gasteiger partial charge in [-0.25, -0.2) is 0 Å². The Kier molecular flexibility index (Phi) is 8.15. The minimum absolute atomic E-state index is 0.0143. The SMILES string of the molecule is O=C(CN1CCN(CC(=O)N2CCCCCC2)CC1)NCc1ccccc1[N+](=O)[O-]. The predicted molar refractivity (Wildman–Crippen MR) is 113 cm³/mol. The van der Waals surface area contributed by atoms with Gasteiger partial charge in [-0.05, 0) is 12.8 Å². The second-order valence-corrected chi connectivity index (χ2v) is 8.01. The van der Waals surface area contributed by atoms with E-state index in [0.29, 0.717) is 12.1 Å². The Labute approximate surface area is 177 Å². The number of nitrogens with one attached hydrogen (secondary N) is 1. The zero-order chi connectivity index (χ0) is 21.3. The molecule has 0 aromatic heterocycles. The van der Waals surface area contributed by atoms with Gasteiger partial charge in [0.15, 0.2) is 0 Å². The van der Waals surface area contributed by atoms with Crippen LogP contribution in [0.1, 0.15) is 31.2 Å². The van der Waals surface area contributed by atoms with Gasteiger partial charge in [0.05, 0.1) is 18.0 Å². The molecule has 1 N–H and O–H groups in total. The molecule has 164 valence electrons. The third-order valence-electron chi connectivity index (χ3n) is 5.81. The quantitative estimate of drug-likeness (QED) is 0.529. The first-order valence-electron chi connectivity index (χ1n) is 10.7. The summed E-state index contributed by atoms with van der Waals surface area (Å²) in [7, 11) is 0. The lowest BCUT2D eigenvalue weighted by Crippen LogP contribution is -2.52. The van der Waals surface area contributed by atoms with E-state index in [0.717, 1.165) is 52.1 Å². The molecule has 0 radical (unpaired) electrons. The predicted octanol–water partition coefficient (Wildman–Crippen LogP) is 1.23. The normalized spacial score (nSPS) is 18.6. The Balaban J connectivity index is 1.37. The fraction of sp³-hybridized carbons (Fsp3) is 0.619. The summed E-state index contributed by atoms with van der Waals surface area (Å²) in [5.41, 5.74) is 0.508. The monoisotopic (exact) mass is 417 g/mol. The molecular weight excluding hydrogens is 386 g/mol. The second kappa shape index (κ2) is 11.0. The molecule has 9 nitrogen and oxygen atoms in total. The Morgan fingerprint density at radius 2 is 1.50 bits per heavy atom. The molecule has 2 saturated heterocycles. The summed E-state index contributed by atoms with van der Waals surface area (Å²) in [6, 6.07) is 6.42. The van der Waals surface area contributed by atoms with E-state index in [4.69, 9.17) is 0 Å². The Bertz CT molecular complexity index is 741. The molecular formula is C21H31N5O4. The van der Waals surface area contributed by atoms with Gasteiger partial charge in [0.2, 0.25) is 11.8 Å². The van der Waals surface area contributed by atoms with Crippen LogP contribution in [-0.2, 0) is 16.1 Å². The minimum atomic E-state index is -0.437. The lowest BCUT2D eigenvalue weighted by Gasteiger charge is -2.35. The van der Waals surface area contributed by atoms with E-state index in [1.54, 1.807) is 18.2 Å². The zero-order valence-corrected chi connectivity index (χ0v) is 17.4. The highest BCUT2D eigenvalue weighted by molar-refractivity contribution is 5.78. The molecule has 0 saturated carbocycles. The van der Waals surface area contributed by atoms with Crippen LogP contribution in [0, 0.1) is 10.1 Å². The maximum absolute atomic E-state index is 12.5. The standard InChI is InChI=1S/C21H31N5O4/c27-20(22-15-18-7-3-4-8-19(18)26(29)30)16-23-11-13-24(14-12-23)17-21(28)25-9-5-1-2-6-10-25/h3-4,7-8H,1-2,5-6,9-17H2,(H,22,27). The number of nitro benzene ring substituents is 1. The summed E-state index contributed by atoms with van der Waals surface area (Å²) in [5.74, 6) is 0.0646. The van der Waals surface area contributed by atoms with Gasteiger partial charge in [-0.3, -0.25) is 29.5 Å². The molecule has 2 aliphatic rings. The van der Waals surface area contributed by atoms with Crippen molar-refractivity contribution in [2.45, 2.75) is 32.2 Å². The minimum Gasteiger partial charge on any atom is -0.351 e.